The lowest BCUT2D eigenvalue weighted by atomic mass is 9.90. The van der Waals surface area contributed by atoms with Crippen LogP contribution in [0.2, 0.25) is 0 Å². The molecule has 0 aromatic heterocycles. The molecule has 0 radical (unpaired) electrons. The summed E-state index contributed by atoms with van der Waals surface area (Å²) in [6.45, 7) is 6.74. The van der Waals surface area contributed by atoms with Crippen LogP contribution >= 0.6 is 0 Å². The molecule has 1 rings (SSSR count). The van der Waals surface area contributed by atoms with Crippen LogP contribution in [0.5, 0.6) is 11.5 Å². The topological polar surface area (TPSA) is 69.6 Å². The van der Waals surface area contributed by atoms with Gasteiger partial charge in [-0.15, -0.1) is 0 Å². The molecule has 0 atom stereocenters. The molecule has 0 unspecified atom stereocenters. The highest BCUT2D eigenvalue weighted by Crippen LogP contribution is 2.21. The second-order valence-corrected chi connectivity index (χ2v) is 4.94. The van der Waals surface area contributed by atoms with E-state index in [4.69, 9.17) is 0 Å². The maximum Gasteiger partial charge on any atom is 0.251 e. The van der Waals surface area contributed by atoms with Crippen molar-refractivity contribution in [2.45, 2.75) is 27.2 Å². The van der Waals surface area contributed by atoms with E-state index < -0.39 is 0 Å². The van der Waals surface area contributed by atoms with Gasteiger partial charge in [-0.1, -0.05) is 20.8 Å². The Morgan fingerprint density at radius 2 is 1.76 bits per heavy atom. The predicted molar refractivity (Wildman–Crippen MR) is 66.2 cm³/mol. The van der Waals surface area contributed by atoms with E-state index in [1.54, 1.807) is 0 Å². The van der Waals surface area contributed by atoms with Crippen LogP contribution in [0.25, 0.3) is 0 Å². The highest BCUT2D eigenvalue weighted by molar-refractivity contribution is 5.95. The molecule has 17 heavy (non-hydrogen) atoms. The van der Waals surface area contributed by atoms with Crippen LogP contribution < -0.4 is 5.32 Å². The summed E-state index contributed by atoms with van der Waals surface area (Å²) in [5.74, 6) is -0.535. The molecule has 1 aromatic rings. The number of rotatable bonds is 4. The Bertz CT molecular complexity index is 393. The minimum atomic E-state index is -0.294. The van der Waals surface area contributed by atoms with Crippen LogP contribution in [0.3, 0.4) is 0 Å². The van der Waals surface area contributed by atoms with Gasteiger partial charge in [0.25, 0.3) is 5.91 Å². The lowest BCUT2D eigenvalue weighted by molar-refractivity contribution is 0.0935. The van der Waals surface area contributed by atoms with Gasteiger partial charge in [0, 0.05) is 18.2 Å². The van der Waals surface area contributed by atoms with Crippen molar-refractivity contribution >= 4 is 5.91 Å². The van der Waals surface area contributed by atoms with E-state index in [1.807, 2.05) is 0 Å². The van der Waals surface area contributed by atoms with E-state index in [0.29, 0.717) is 6.54 Å². The first-order chi connectivity index (χ1) is 7.84. The van der Waals surface area contributed by atoms with E-state index in [9.17, 15) is 15.0 Å². The number of carbonyl (C=O) groups excluding carboxylic acids is 1. The lowest BCUT2D eigenvalue weighted by Gasteiger charge is -2.22. The second-order valence-electron chi connectivity index (χ2n) is 4.94. The Kier molecular flexibility index (Phi) is 3.99. The van der Waals surface area contributed by atoms with Gasteiger partial charge in [0.1, 0.15) is 11.5 Å². The molecule has 0 bridgehead atoms. The average molecular weight is 237 g/mol. The van der Waals surface area contributed by atoms with Crippen LogP contribution in [-0.4, -0.2) is 22.7 Å². The van der Waals surface area contributed by atoms with Gasteiger partial charge in [0.05, 0.1) is 0 Å². The number of nitrogens with one attached hydrogen (secondary N) is 1. The van der Waals surface area contributed by atoms with E-state index >= 15 is 0 Å². The minimum absolute atomic E-state index is 0.0362. The highest BCUT2D eigenvalue weighted by Gasteiger charge is 2.17. The van der Waals surface area contributed by atoms with Gasteiger partial charge in [0.15, 0.2) is 0 Å². The number of benzene rings is 1. The van der Waals surface area contributed by atoms with E-state index in [-0.39, 0.29) is 28.4 Å². The Balaban J connectivity index is 2.70. The number of phenolic OH excluding ortho intramolecular Hbond substituents is 2. The van der Waals surface area contributed by atoms with Crippen molar-refractivity contribution in [2.24, 2.45) is 5.41 Å². The predicted octanol–water partition coefficient (Wildman–Crippen LogP) is 2.26. The summed E-state index contributed by atoms with van der Waals surface area (Å²) in [4.78, 5) is 11.8. The Morgan fingerprint density at radius 1 is 1.24 bits per heavy atom. The van der Waals surface area contributed by atoms with Crippen LogP contribution in [0, 0.1) is 5.41 Å². The van der Waals surface area contributed by atoms with Gasteiger partial charge in [-0.05, 0) is 24.0 Å². The summed E-state index contributed by atoms with van der Waals surface area (Å²) in [5.41, 5.74) is 0.295. The molecule has 0 saturated heterocycles. The third-order valence-corrected chi connectivity index (χ3v) is 2.85. The van der Waals surface area contributed by atoms with Gasteiger partial charge in [-0.3, -0.25) is 4.79 Å². The summed E-state index contributed by atoms with van der Waals surface area (Å²) in [6.07, 6.45) is 0.957. The highest BCUT2D eigenvalue weighted by atomic mass is 16.3. The zero-order valence-electron chi connectivity index (χ0n) is 10.4. The van der Waals surface area contributed by atoms with Crippen LogP contribution in [0.4, 0.5) is 0 Å². The molecule has 0 aliphatic rings. The SMILES string of the molecule is CCC(C)(C)CNC(=O)c1cc(O)cc(O)c1. The number of hydrogen-bond acceptors (Lipinski definition) is 3. The van der Waals surface area contributed by atoms with E-state index in [1.165, 1.54) is 18.2 Å². The quantitative estimate of drug-likeness (QED) is 0.752. The van der Waals surface area contributed by atoms with Crippen LogP contribution in [-0.2, 0) is 0 Å². The summed E-state index contributed by atoms with van der Waals surface area (Å²) < 4.78 is 0. The molecular formula is C13H19NO3. The average Bonchev–Trinajstić information content (AvgIpc) is 2.24. The van der Waals surface area contributed by atoms with Crippen LogP contribution in [0.15, 0.2) is 18.2 Å². The number of amides is 1. The molecule has 0 aliphatic heterocycles. The summed E-state index contributed by atoms with van der Waals surface area (Å²) in [5, 5.41) is 21.3. The van der Waals surface area contributed by atoms with Gasteiger partial charge >= 0.3 is 0 Å². The van der Waals surface area contributed by atoms with Crippen molar-refractivity contribution in [1.82, 2.24) is 5.32 Å². The largest absolute Gasteiger partial charge is 0.508 e. The van der Waals surface area contributed by atoms with Crippen molar-refractivity contribution < 1.29 is 15.0 Å². The monoisotopic (exact) mass is 237 g/mol. The maximum atomic E-state index is 11.8. The van der Waals surface area contributed by atoms with Crippen molar-refractivity contribution in [3.8, 4) is 11.5 Å². The third-order valence-electron chi connectivity index (χ3n) is 2.85. The van der Waals surface area contributed by atoms with Crippen molar-refractivity contribution in [3.63, 3.8) is 0 Å². The minimum Gasteiger partial charge on any atom is -0.508 e. The summed E-state index contributed by atoms with van der Waals surface area (Å²) in [6, 6.07) is 3.84. The number of aromatic hydroxyl groups is 2. The molecule has 0 aliphatic carbocycles. The van der Waals surface area contributed by atoms with Crippen molar-refractivity contribution in [2.75, 3.05) is 6.54 Å². The molecule has 4 heteroatoms. The van der Waals surface area contributed by atoms with Crippen molar-refractivity contribution in [3.05, 3.63) is 23.8 Å². The molecular weight excluding hydrogens is 218 g/mol. The van der Waals surface area contributed by atoms with E-state index in [0.717, 1.165) is 6.42 Å². The molecule has 1 amide bonds. The smallest absolute Gasteiger partial charge is 0.251 e. The molecule has 0 heterocycles. The molecule has 94 valence electrons. The van der Waals surface area contributed by atoms with Gasteiger partial charge in [0.2, 0.25) is 0 Å². The normalized spacial score (nSPS) is 11.2. The van der Waals surface area contributed by atoms with Gasteiger partial charge in [-0.25, -0.2) is 0 Å². The number of phenols is 2. The first-order valence-corrected chi connectivity index (χ1v) is 5.65. The Morgan fingerprint density at radius 3 is 2.24 bits per heavy atom. The first-order valence-electron chi connectivity index (χ1n) is 5.65. The molecule has 3 N–H and O–H groups in total. The van der Waals surface area contributed by atoms with Gasteiger partial charge in [-0.2, -0.15) is 0 Å². The Labute approximate surface area is 101 Å². The standard InChI is InChI=1S/C13H19NO3/c1-4-13(2,3)8-14-12(17)9-5-10(15)7-11(16)6-9/h5-7,15-16H,4,8H2,1-3H3,(H,14,17). The maximum absolute atomic E-state index is 11.8. The van der Waals surface area contributed by atoms with Gasteiger partial charge < -0.3 is 15.5 Å². The van der Waals surface area contributed by atoms with Crippen molar-refractivity contribution in [1.29, 1.82) is 0 Å². The fourth-order valence-corrected chi connectivity index (χ4v) is 1.27. The third kappa shape index (κ3) is 3.98. The second kappa shape index (κ2) is 5.08. The number of carbonyl (C=O) groups is 1. The molecule has 0 saturated carbocycles. The molecule has 4 nitrogen and oxygen atoms in total. The summed E-state index contributed by atoms with van der Waals surface area (Å²) >= 11 is 0. The summed E-state index contributed by atoms with van der Waals surface area (Å²) in [7, 11) is 0. The van der Waals surface area contributed by atoms with E-state index in [2.05, 4.69) is 26.1 Å². The molecule has 0 fully saturated rings. The van der Waals surface area contributed by atoms with Crippen LogP contribution in [0.1, 0.15) is 37.6 Å². The molecule has 1 aromatic carbocycles. The fraction of sp³-hybridized carbons (Fsp3) is 0.462. The zero-order chi connectivity index (χ0) is 13.1. The fourth-order valence-electron chi connectivity index (χ4n) is 1.27. The lowest BCUT2D eigenvalue weighted by Crippen LogP contribution is -2.33. The first kappa shape index (κ1) is 13.4. The number of hydrogen-bond donors (Lipinski definition) is 3. The molecule has 0 spiro atoms. The Hall–Kier alpha value is -1.71. The zero-order valence-corrected chi connectivity index (χ0v) is 10.4.